The van der Waals surface area contributed by atoms with Crippen LogP contribution in [0.25, 0.3) is 16.3 Å². The molecule has 1 atom stereocenters. The van der Waals surface area contributed by atoms with E-state index in [0.29, 0.717) is 5.92 Å². The van der Waals surface area contributed by atoms with E-state index in [9.17, 15) is 0 Å². The molecule has 1 unspecified atom stereocenters. The van der Waals surface area contributed by atoms with Gasteiger partial charge in [0.05, 0.1) is 0 Å². The smallest absolute Gasteiger partial charge is 0.147 e. The molecule has 28 heavy (non-hydrogen) atoms. The maximum atomic E-state index is 3.76. The topological polar surface area (TPSA) is 12.0 Å². The van der Waals surface area contributed by atoms with E-state index >= 15 is 0 Å². The van der Waals surface area contributed by atoms with Crippen LogP contribution >= 0.6 is 24.8 Å². The largest absolute Gasteiger partial charge is 0.147 e. The van der Waals surface area contributed by atoms with Crippen LogP contribution in [0, 0.1) is 5.92 Å². The second-order valence-corrected chi connectivity index (χ2v) is 9.17. The van der Waals surface area contributed by atoms with Gasteiger partial charge < -0.3 is 0 Å². The Morgan fingerprint density at radius 1 is 0.964 bits per heavy atom. The van der Waals surface area contributed by atoms with Gasteiger partial charge in [-0.25, -0.2) is 0 Å². The first-order chi connectivity index (χ1) is 12.6. The molecule has 0 heterocycles. The monoisotopic (exact) mass is 453 g/mol. The first kappa shape index (κ1) is 25.5. The van der Waals surface area contributed by atoms with Crippen molar-refractivity contribution in [1.29, 1.82) is 0 Å². The molecule has 0 saturated carbocycles. The van der Waals surface area contributed by atoms with E-state index in [1.165, 1.54) is 57.2 Å². The van der Waals surface area contributed by atoms with Crippen LogP contribution in [0.5, 0.6) is 0 Å². The molecule has 2 aromatic rings. The zero-order chi connectivity index (χ0) is 18.7. The third-order valence-electron chi connectivity index (χ3n) is 6.02. The first-order valence-electron chi connectivity index (χ1n) is 9.91. The summed E-state index contributed by atoms with van der Waals surface area (Å²) < 4.78 is 4.97. The van der Waals surface area contributed by atoms with Crippen molar-refractivity contribution in [2.24, 2.45) is 5.92 Å². The Morgan fingerprint density at radius 3 is 2.32 bits per heavy atom. The summed E-state index contributed by atoms with van der Waals surface area (Å²) in [6, 6.07) is 13.6. The number of hydrogen-bond donors (Lipinski definition) is 1. The van der Waals surface area contributed by atoms with Crippen LogP contribution in [0.4, 0.5) is 0 Å². The fourth-order valence-corrected chi connectivity index (χ4v) is 5.70. The molecule has 1 N–H and O–H groups in total. The number of halogens is 2. The zero-order valence-corrected chi connectivity index (χ0v) is 20.9. The van der Waals surface area contributed by atoms with Crippen LogP contribution in [0.2, 0.25) is 0 Å². The predicted octanol–water partition coefficient (Wildman–Crippen LogP) is 7.33. The Morgan fingerprint density at radius 2 is 1.68 bits per heavy atom. The van der Waals surface area contributed by atoms with E-state index in [1.807, 2.05) is 0 Å². The maximum Gasteiger partial charge on any atom is -0.147 e. The number of nitrogens with one attached hydrogen (secondary N) is 1. The molecule has 0 spiro atoms. The van der Waals surface area contributed by atoms with Gasteiger partial charge in [0.1, 0.15) is 0 Å². The van der Waals surface area contributed by atoms with Gasteiger partial charge in [-0.15, -0.1) is 24.8 Å². The third-order valence-corrected chi connectivity index (χ3v) is 7.63. The van der Waals surface area contributed by atoms with Gasteiger partial charge in [0, 0.05) is 0 Å². The molecule has 3 rings (SSSR count). The van der Waals surface area contributed by atoms with Crippen molar-refractivity contribution in [2.45, 2.75) is 52.2 Å². The molecule has 0 fully saturated rings. The van der Waals surface area contributed by atoms with Gasteiger partial charge in [0.25, 0.3) is 0 Å². The Kier molecular flexibility index (Phi) is 10.5. The summed E-state index contributed by atoms with van der Waals surface area (Å²) >= 11 is -0.156. The summed E-state index contributed by atoms with van der Waals surface area (Å²) in [7, 11) is 0. The zero-order valence-electron chi connectivity index (χ0n) is 17.7. The fraction of sp³-hybridized carbons (Fsp3) is 0.417. The maximum absolute atomic E-state index is 3.76. The van der Waals surface area contributed by atoms with Gasteiger partial charge in [-0.3, -0.25) is 0 Å². The fourth-order valence-electron chi connectivity index (χ4n) is 4.08. The van der Waals surface area contributed by atoms with Crippen molar-refractivity contribution in [3.63, 3.8) is 0 Å². The molecular formula is C24H33Cl2NTi. The van der Waals surface area contributed by atoms with Gasteiger partial charge in [-0.05, 0) is 0 Å². The van der Waals surface area contributed by atoms with E-state index in [4.69, 9.17) is 0 Å². The van der Waals surface area contributed by atoms with Gasteiger partial charge in [0.2, 0.25) is 0 Å². The second-order valence-electron chi connectivity index (χ2n) is 7.52. The SMILES string of the molecule is CCCC[NH][Ti][CH2]c1c(C2=C(C)C(C)=C(C)C2C)ccc2ccccc12.Cl.Cl. The van der Waals surface area contributed by atoms with Crippen LogP contribution in [0.3, 0.4) is 0 Å². The number of allylic oxidation sites excluding steroid dienone is 4. The summed E-state index contributed by atoms with van der Waals surface area (Å²) in [6.45, 7) is 12.7. The van der Waals surface area contributed by atoms with Crippen LogP contribution in [0.15, 0.2) is 53.1 Å². The van der Waals surface area contributed by atoms with Crippen LogP contribution < -0.4 is 3.80 Å². The predicted molar refractivity (Wildman–Crippen MR) is 125 cm³/mol. The molecule has 0 saturated heterocycles. The molecule has 2 aromatic carbocycles. The van der Waals surface area contributed by atoms with Crippen molar-refractivity contribution in [1.82, 2.24) is 3.80 Å². The number of fused-ring (bicyclic) bond motifs is 1. The normalized spacial score (nSPS) is 16.2. The molecule has 0 aliphatic heterocycles. The van der Waals surface area contributed by atoms with Crippen LogP contribution in [-0.2, 0) is 24.1 Å². The van der Waals surface area contributed by atoms with E-state index in [2.05, 4.69) is 74.8 Å². The van der Waals surface area contributed by atoms with Crippen molar-refractivity contribution in [3.8, 4) is 0 Å². The summed E-state index contributed by atoms with van der Waals surface area (Å²) in [5.41, 5.74) is 9.13. The Bertz CT molecular complexity index is 870. The van der Waals surface area contributed by atoms with E-state index in [0.717, 1.165) is 0 Å². The summed E-state index contributed by atoms with van der Waals surface area (Å²) in [6.07, 6.45) is 2.56. The summed E-state index contributed by atoms with van der Waals surface area (Å²) in [4.78, 5) is 0. The van der Waals surface area contributed by atoms with E-state index in [-0.39, 0.29) is 44.2 Å². The molecule has 0 amide bonds. The average Bonchev–Trinajstić information content (AvgIpc) is 2.85. The van der Waals surface area contributed by atoms with Gasteiger partial charge in [-0.2, -0.15) is 0 Å². The van der Waals surface area contributed by atoms with Crippen molar-refractivity contribution < 1.29 is 19.4 Å². The molecule has 0 bridgehead atoms. The van der Waals surface area contributed by atoms with Crippen molar-refractivity contribution >= 4 is 41.2 Å². The quantitative estimate of drug-likeness (QED) is 0.341. The number of unbranched alkanes of at least 4 members (excludes halogenated alkanes) is 1. The Labute approximate surface area is 192 Å². The molecule has 0 radical (unpaired) electrons. The Hall–Kier alpha value is -0.566. The molecule has 1 nitrogen and oxygen atoms in total. The minimum absolute atomic E-state index is 0. The number of benzene rings is 2. The standard InChI is InChI=1S/C20H21.C4H10N.2ClH.Ti/c1-12-13(2)15(4)20(14(12)3)19-11-10-17-8-6-7-9-18(17)16(19)5;1-2-3-4-5;;;/h6-11,14H,5H2,1-4H3;5H,2-4H2,1H3;2*1H;/q;-1;;;+1. The van der Waals surface area contributed by atoms with Crippen molar-refractivity contribution in [3.05, 3.63) is 64.2 Å². The summed E-state index contributed by atoms with van der Waals surface area (Å²) in [5.74, 6) is 0.531. The average molecular weight is 454 g/mol. The Balaban J connectivity index is 0.00000196. The van der Waals surface area contributed by atoms with E-state index in [1.54, 1.807) is 11.1 Å². The summed E-state index contributed by atoms with van der Waals surface area (Å²) in [5, 5.41) is 2.82. The molecule has 4 heteroatoms. The molecule has 0 aromatic heterocycles. The molecule has 1 aliphatic rings. The molecular weight excluding hydrogens is 421 g/mol. The number of hydrogen-bond acceptors (Lipinski definition) is 1. The van der Waals surface area contributed by atoms with Gasteiger partial charge >= 0.3 is 168 Å². The third kappa shape index (κ3) is 5.12. The van der Waals surface area contributed by atoms with Crippen LogP contribution in [-0.4, -0.2) is 6.54 Å². The molecule has 152 valence electrons. The molecule has 1 aliphatic carbocycles. The van der Waals surface area contributed by atoms with E-state index < -0.39 is 0 Å². The second kappa shape index (κ2) is 11.6. The van der Waals surface area contributed by atoms with Gasteiger partial charge in [-0.1, -0.05) is 0 Å². The minimum Gasteiger partial charge on any atom is -0.147 e. The first-order valence-corrected chi connectivity index (χ1v) is 11.8. The number of rotatable bonds is 7. The van der Waals surface area contributed by atoms with Gasteiger partial charge in [0.15, 0.2) is 0 Å². The minimum atomic E-state index is -0.156. The van der Waals surface area contributed by atoms with Crippen molar-refractivity contribution in [2.75, 3.05) is 6.54 Å². The van der Waals surface area contributed by atoms with Crippen LogP contribution in [0.1, 0.15) is 58.6 Å².